The molecule has 1 atom stereocenters. The van der Waals surface area contributed by atoms with Crippen molar-refractivity contribution in [3.63, 3.8) is 0 Å². The van der Waals surface area contributed by atoms with Crippen molar-refractivity contribution in [3.05, 3.63) is 35.4 Å². The van der Waals surface area contributed by atoms with Crippen LogP contribution in [0.2, 0.25) is 0 Å². The molecular formula is C19H31N. The fraction of sp³-hybridized carbons (Fsp3) is 0.684. The Bertz CT molecular complexity index is 393. The Morgan fingerprint density at radius 1 is 1.05 bits per heavy atom. The molecule has 0 radical (unpaired) electrons. The zero-order valence-corrected chi connectivity index (χ0v) is 13.7. The van der Waals surface area contributed by atoms with E-state index in [1.54, 1.807) is 0 Å². The Labute approximate surface area is 125 Å². The Morgan fingerprint density at radius 3 is 2.15 bits per heavy atom. The summed E-state index contributed by atoms with van der Waals surface area (Å²) in [6.45, 7) is 6.83. The monoisotopic (exact) mass is 273 g/mol. The molecule has 0 heterocycles. The summed E-state index contributed by atoms with van der Waals surface area (Å²) >= 11 is 0. The molecular weight excluding hydrogens is 242 g/mol. The number of hydrogen-bond acceptors (Lipinski definition) is 1. The van der Waals surface area contributed by atoms with Crippen LogP contribution in [0.15, 0.2) is 24.3 Å². The highest BCUT2D eigenvalue weighted by atomic mass is 14.9. The van der Waals surface area contributed by atoms with Crippen LogP contribution in [0.4, 0.5) is 0 Å². The molecule has 1 heteroatoms. The number of rotatable bonds is 4. The maximum atomic E-state index is 3.52. The molecule has 1 aromatic rings. The van der Waals surface area contributed by atoms with Gasteiger partial charge < -0.3 is 5.32 Å². The highest BCUT2D eigenvalue weighted by Crippen LogP contribution is 2.32. The van der Waals surface area contributed by atoms with Gasteiger partial charge in [-0.3, -0.25) is 0 Å². The van der Waals surface area contributed by atoms with E-state index in [2.05, 4.69) is 57.4 Å². The number of benzene rings is 1. The van der Waals surface area contributed by atoms with Crippen LogP contribution >= 0.6 is 0 Å². The minimum absolute atomic E-state index is 0.247. The lowest BCUT2D eigenvalue weighted by Gasteiger charge is -2.27. The fourth-order valence-electron chi connectivity index (χ4n) is 3.39. The molecule has 0 saturated heterocycles. The van der Waals surface area contributed by atoms with Crippen molar-refractivity contribution in [2.75, 3.05) is 7.05 Å². The average Bonchev–Trinajstić information content (AvgIpc) is 2.45. The van der Waals surface area contributed by atoms with E-state index < -0.39 is 0 Å². The van der Waals surface area contributed by atoms with Crippen molar-refractivity contribution in [1.82, 2.24) is 5.32 Å². The molecule has 1 unspecified atom stereocenters. The van der Waals surface area contributed by atoms with Crippen molar-refractivity contribution in [2.45, 2.75) is 70.8 Å². The summed E-state index contributed by atoms with van der Waals surface area (Å²) in [5.41, 5.74) is 3.12. The van der Waals surface area contributed by atoms with Gasteiger partial charge in [-0.25, -0.2) is 0 Å². The lowest BCUT2D eigenvalue weighted by Crippen LogP contribution is -2.21. The number of hydrogen-bond donors (Lipinski definition) is 1. The van der Waals surface area contributed by atoms with Gasteiger partial charge >= 0.3 is 0 Å². The second-order valence-corrected chi connectivity index (χ2v) is 7.45. The van der Waals surface area contributed by atoms with Crippen molar-refractivity contribution in [3.8, 4) is 0 Å². The lowest BCUT2D eigenvalue weighted by molar-refractivity contribution is 0.306. The fourth-order valence-corrected chi connectivity index (χ4v) is 3.39. The summed E-state index contributed by atoms with van der Waals surface area (Å²) in [6, 6.07) is 9.78. The van der Waals surface area contributed by atoms with Crippen LogP contribution < -0.4 is 5.32 Å². The highest BCUT2D eigenvalue weighted by molar-refractivity contribution is 5.29. The Morgan fingerprint density at radius 2 is 1.65 bits per heavy atom. The molecule has 1 aliphatic rings. The first-order valence-electron chi connectivity index (χ1n) is 8.28. The van der Waals surface area contributed by atoms with E-state index in [1.165, 1.54) is 49.7 Å². The molecule has 0 amide bonds. The van der Waals surface area contributed by atoms with E-state index in [0.717, 1.165) is 5.92 Å². The van der Waals surface area contributed by atoms with Crippen molar-refractivity contribution in [1.29, 1.82) is 0 Å². The molecule has 1 saturated carbocycles. The molecule has 20 heavy (non-hydrogen) atoms. The maximum absolute atomic E-state index is 3.52. The molecule has 0 aromatic heterocycles. The smallest absolute Gasteiger partial charge is 0.0320 e. The zero-order chi connectivity index (χ0) is 14.6. The van der Waals surface area contributed by atoms with Crippen LogP contribution in [0.5, 0.6) is 0 Å². The summed E-state index contributed by atoms with van der Waals surface area (Å²) in [5, 5.41) is 3.52. The van der Waals surface area contributed by atoms with Crippen LogP contribution in [0.3, 0.4) is 0 Å². The SMILES string of the molecule is CNC(CC1CCCCC1)c1ccc(C(C)(C)C)cc1. The van der Waals surface area contributed by atoms with Crippen molar-refractivity contribution in [2.24, 2.45) is 5.92 Å². The van der Waals surface area contributed by atoms with Crippen LogP contribution in [0, 0.1) is 5.92 Å². The van der Waals surface area contributed by atoms with Crippen LogP contribution in [0.1, 0.15) is 76.5 Å². The van der Waals surface area contributed by atoms with Crippen molar-refractivity contribution < 1.29 is 0 Å². The predicted molar refractivity (Wildman–Crippen MR) is 88.1 cm³/mol. The van der Waals surface area contributed by atoms with Gasteiger partial charge in [-0.15, -0.1) is 0 Å². The summed E-state index contributed by atoms with van der Waals surface area (Å²) in [5.74, 6) is 0.920. The molecule has 1 N–H and O–H groups in total. The topological polar surface area (TPSA) is 12.0 Å². The Hall–Kier alpha value is -0.820. The quantitative estimate of drug-likeness (QED) is 0.793. The summed E-state index contributed by atoms with van der Waals surface area (Å²) in [7, 11) is 2.10. The largest absolute Gasteiger partial charge is 0.313 e. The van der Waals surface area contributed by atoms with Gasteiger partial charge in [0.1, 0.15) is 0 Å². The predicted octanol–water partition coefficient (Wildman–Crippen LogP) is 5.22. The van der Waals surface area contributed by atoms with Gasteiger partial charge in [0.2, 0.25) is 0 Å². The van der Waals surface area contributed by atoms with Gasteiger partial charge in [-0.2, -0.15) is 0 Å². The van der Waals surface area contributed by atoms with E-state index in [4.69, 9.17) is 0 Å². The molecule has 1 fully saturated rings. The first-order valence-corrected chi connectivity index (χ1v) is 8.28. The Balaban J connectivity index is 2.03. The lowest BCUT2D eigenvalue weighted by atomic mass is 9.82. The van der Waals surface area contributed by atoms with Crippen LogP contribution in [-0.2, 0) is 5.41 Å². The minimum Gasteiger partial charge on any atom is -0.313 e. The van der Waals surface area contributed by atoms with Gasteiger partial charge in [0.15, 0.2) is 0 Å². The summed E-state index contributed by atoms with van der Waals surface area (Å²) in [4.78, 5) is 0. The maximum Gasteiger partial charge on any atom is 0.0320 e. The third-order valence-corrected chi connectivity index (χ3v) is 4.82. The van der Waals surface area contributed by atoms with E-state index in [0.29, 0.717) is 6.04 Å². The summed E-state index contributed by atoms with van der Waals surface area (Å²) < 4.78 is 0. The molecule has 112 valence electrons. The molecule has 0 spiro atoms. The molecule has 0 aliphatic heterocycles. The van der Waals surface area contributed by atoms with Crippen LogP contribution in [0.25, 0.3) is 0 Å². The molecule has 0 bridgehead atoms. The van der Waals surface area contributed by atoms with E-state index in [1.807, 2.05) is 0 Å². The molecule has 1 aliphatic carbocycles. The van der Waals surface area contributed by atoms with Gasteiger partial charge in [0.05, 0.1) is 0 Å². The molecule has 1 aromatic carbocycles. The normalized spacial score (nSPS) is 19.0. The average molecular weight is 273 g/mol. The first-order chi connectivity index (χ1) is 9.50. The molecule has 2 rings (SSSR count). The van der Waals surface area contributed by atoms with Crippen LogP contribution in [-0.4, -0.2) is 7.05 Å². The Kier molecular flexibility index (Phi) is 5.26. The second kappa shape index (κ2) is 6.76. The highest BCUT2D eigenvalue weighted by Gasteiger charge is 2.20. The molecule has 1 nitrogen and oxygen atoms in total. The van der Waals surface area contributed by atoms with Gasteiger partial charge in [-0.05, 0) is 35.9 Å². The second-order valence-electron chi connectivity index (χ2n) is 7.45. The van der Waals surface area contributed by atoms with Gasteiger partial charge in [0.25, 0.3) is 0 Å². The van der Waals surface area contributed by atoms with E-state index in [9.17, 15) is 0 Å². The number of nitrogens with one attached hydrogen (secondary N) is 1. The van der Waals surface area contributed by atoms with E-state index >= 15 is 0 Å². The minimum atomic E-state index is 0.247. The zero-order valence-electron chi connectivity index (χ0n) is 13.7. The third-order valence-electron chi connectivity index (χ3n) is 4.82. The standard InChI is InChI=1S/C19H31N/c1-19(2,3)17-12-10-16(11-13-17)18(20-4)14-15-8-6-5-7-9-15/h10-13,15,18,20H,5-9,14H2,1-4H3. The van der Waals surface area contributed by atoms with E-state index in [-0.39, 0.29) is 5.41 Å². The van der Waals surface area contributed by atoms with Gasteiger partial charge in [0, 0.05) is 6.04 Å². The summed E-state index contributed by atoms with van der Waals surface area (Å²) in [6.07, 6.45) is 8.47. The van der Waals surface area contributed by atoms with Gasteiger partial charge in [-0.1, -0.05) is 77.1 Å². The third kappa shape index (κ3) is 4.09. The first kappa shape index (κ1) is 15.6. The van der Waals surface area contributed by atoms with Crippen molar-refractivity contribution >= 4 is 0 Å².